The maximum atomic E-state index is 11.0. The Balaban J connectivity index is 4.98. The number of aliphatic hydroxyl groups is 2. The fraction of sp³-hybridized carbons (Fsp3) is 1.00. The fourth-order valence-electron chi connectivity index (χ4n) is 1.24. The van der Waals surface area contributed by atoms with Crippen LogP contribution in [0.3, 0.4) is 0 Å². The van der Waals surface area contributed by atoms with Crippen LogP contribution in [-0.2, 0) is 28.6 Å². The Kier molecular flexibility index (Phi) is 8.66. The molecule has 0 bridgehead atoms. The Morgan fingerprint density at radius 3 is 1.25 bits per heavy atom. The van der Waals surface area contributed by atoms with Gasteiger partial charge >= 0.3 is 0 Å². The molecule has 122 valence electrons. The van der Waals surface area contributed by atoms with Gasteiger partial charge in [-0.15, -0.1) is 0 Å². The van der Waals surface area contributed by atoms with Crippen molar-refractivity contribution in [1.29, 1.82) is 0 Å². The molecular weight excluding hydrogens is 448 g/mol. The van der Waals surface area contributed by atoms with E-state index in [0.717, 1.165) is 12.5 Å². The molecule has 4 atom stereocenters. The summed E-state index contributed by atoms with van der Waals surface area (Å²) in [6, 6.07) is 0. The van der Waals surface area contributed by atoms with Crippen molar-refractivity contribution >= 4 is 52.1 Å². The summed E-state index contributed by atoms with van der Waals surface area (Å²) in [5.74, 6) is 0. The van der Waals surface area contributed by atoms with Gasteiger partial charge in [0.1, 0.15) is 24.4 Å². The van der Waals surface area contributed by atoms with Gasteiger partial charge in [-0.3, -0.25) is 8.37 Å². The first kappa shape index (κ1) is 20.7. The first-order chi connectivity index (χ1) is 8.91. The van der Waals surface area contributed by atoms with E-state index >= 15 is 0 Å². The molecule has 2 N–H and O–H groups in total. The third kappa shape index (κ3) is 8.22. The summed E-state index contributed by atoms with van der Waals surface area (Å²) in [5, 5.41) is 19.6. The molecule has 8 nitrogen and oxygen atoms in total. The van der Waals surface area contributed by atoms with Gasteiger partial charge in [-0.2, -0.15) is 16.8 Å². The van der Waals surface area contributed by atoms with Crippen molar-refractivity contribution in [3.05, 3.63) is 0 Å². The molecule has 0 saturated heterocycles. The highest BCUT2D eigenvalue weighted by atomic mass is 79.9. The summed E-state index contributed by atoms with van der Waals surface area (Å²) in [4.78, 5) is 0. The van der Waals surface area contributed by atoms with Crippen LogP contribution >= 0.6 is 31.9 Å². The zero-order chi connectivity index (χ0) is 16.1. The minimum atomic E-state index is -3.85. The van der Waals surface area contributed by atoms with Gasteiger partial charge in [0.2, 0.25) is 0 Å². The van der Waals surface area contributed by atoms with Crippen LogP contribution in [0.5, 0.6) is 0 Å². The fourth-order valence-corrected chi connectivity index (χ4v) is 3.88. The summed E-state index contributed by atoms with van der Waals surface area (Å²) in [5.41, 5.74) is 0. The maximum Gasteiger partial charge on any atom is 0.264 e. The standard InChI is InChI=1S/C8H16Br2O8S2/c1-19(13,14)17-5(3-9)7(11)8(12)6(4-10)18-20(2,15)16/h5-8,11-12H,3-4H2,1-2H3/t5-,6-,7-,8-/m1/s1. The minimum Gasteiger partial charge on any atom is -0.388 e. The van der Waals surface area contributed by atoms with Crippen LogP contribution in [0.25, 0.3) is 0 Å². The normalized spacial score (nSPS) is 19.3. The number of hydrogen-bond donors (Lipinski definition) is 2. The molecule has 0 aliphatic carbocycles. The van der Waals surface area contributed by atoms with Crippen LogP contribution in [0.1, 0.15) is 0 Å². The number of aliphatic hydroxyl groups excluding tert-OH is 2. The van der Waals surface area contributed by atoms with Gasteiger partial charge in [0.15, 0.2) is 0 Å². The molecule has 20 heavy (non-hydrogen) atoms. The Bertz CT molecular complexity index is 445. The number of halogens is 2. The van der Waals surface area contributed by atoms with E-state index in [1.807, 2.05) is 0 Å². The van der Waals surface area contributed by atoms with Gasteiger partial charge in [0.05, 0.1) is 12.5 Å². The highest BCUT2D eigenvalue weighted by Crippen LogP contribution is 2.17. The van der Waals surface area contributed by atoms with Gasteiger partial charge in [-0.1, -0.05) is 31.9 Å². The van der Waals surface area contributed by atoms with Gasteiger partial charge in [0.25, 0.3) is 20.2 Å². The monoisotopic (exact) mass is 462 g/mol. The molecule has 0 radical (unpaired) electrons. The first-order valence-corrected chi connectivity index (χ1v) is 11.0. The Hall–Kier alpha value is 0.700. The Morgan fingerprint density at radius 1 is 0.850 bits per heavy atom. The van der Waals surface area contributed by atoms with Crippen molar-refractivity contribution in [1.82, 2.24) is 0 Å². The lowest BCUT2D eigenvalue weighted by Crippen LogP contribution is -2.48. The van der Waals surface area contributed by atoms with Gasteiger partial charge in [-0.05, 0) is 0 Å². The van der Waals surface area contributed by atoms with Gasteiger partial charge in [0, 0.05) is 10.7 Å². The molecule has 0 aromatic heterocycles. The number of hydrogen-bond acceptors (Lipinski definition) is 8. The van der Waals surface area contributed by atoms with E-state index in [-0.39, 0.29) is 10.7 Å². The summed E-state index contributed by atoms with van der Waals surface area (Å²) < 4.78 is 53.3. The zero-order valence-corrected chi connectivity index (χ0v) is 15.4. The van der Waals surface area contributed by atoms with Crippen LogP contribution in [0.2, 0.25) is 0 Å². The molecule has 0 aliphatic heterocycles. The number of rotatable bonds is 9. The lowest BCUT2D eigenvalue weighted by molar-refractivity contribution is -0.0761. The Labute approximate surface area is 135 Å². The second-order valence-corrected chi connectivity index (χ2v) is 8.46. The Morgan fingerprint density at radius 2 is 1.10 bits per heavy atom. The quantitative estimate of drug-likeness (QED) is 0.335. The van der Waals surface area contributed by atoms with Crippen molar-refractivity contribution in [3.8, 4) is 0 Å². The zero-order valence-electron chi connectivity index (χ0n) is 10.6. The van der Waals surface area contributed by atoms with Crippen molar-refractivity contribution in [2.45, 2.75) is 24.4 Å². The molecule has 0 fully saturated rings. The van der Waals surface area contributed by atoms with Crippen LogP contribution in [-0.4, -0.2) is 74.6 Å². The summed E-state index contributed by atoms with van der Waals surface area (Å²) in [7, 11) is -7.71. The SMILES string of the molecule is CS(=O)(=O)O[C@H](CBr)[C@@H](O)[C@H](O)[C@@H](CBr)OS(C)(=O)=O. The van der Waals surface area contributed by atoms with E-state index in [1.165, 1.54) is 0 Å². The largest absolute Gasteiger partial charge is 0.388 e. The van der Waals surface area contributed by atoms with Crippen molar-refractivity contribution in [2.75, 3.05) is 23.2 Å². The molecule has 12 heteroatoms. The summed E-state index contributed by atoms with van der Waals surface area (Å²) in [6.07, 6.45) is -4.34. The molecule has 0 unspecified atom stereocenters. The highest BCUT2D eigenvalue weighted by Gasteiger charge is 2.36. The van der Waals surface area contributed by atoms with E-state index in [2.05, 4.69) is 40.2 Å². The van der Waals surface area contributed by atoms with Gasteiger partial charge < -0.3 is 10.2 Å². The molecular formula is C8H16Br2O8S2. The van der Waals surface area contributed by atoms with Crippen LogP contribution in [0.15, 0.2) is 0 Å². The molecule has 0 spiro atoms. The lowest BCUT2D eigenvalue weighted by atomic mass is 10.1. The average Bonchev–Trinajstić information content (AvgIpc) is 2.28. The molecule has 0 rings (SSSR count). The van der Waals surface area contributed by atoms with E-state index in [0.29, 0.717) is 0 Å². The average molecular weight is 464 g/mol. The van der Waals surface area contributed by atoms with E-state index in [4.69, 9.17) is 0 Å². The van der Waals surface area contributed by atoms with Crippen LogP contribution in [0.4, 0.5) is 0 Å². The second kappa shape index (κ2) is 8.36. The van der Waals surface area contributed by atoms with E-state index in [9.17, 15) is 27.0 Å². The van der Waals surface area contributed by atoms with Gasteiger partial charge in [-0.25, -0.2) is 0 Å². The molecule has 0 amide bonds. The number of alkyl halides is 2. The molecule has 0 saturated carbocycles. The predicted octanol–water partition coefficient (Wildman–Crippen LogP) is -0.812. The highest BCUT2D eigenvalue weighted by molar-refractivity contribution is 9.09. The summed E-state index contributed by atoms with van der Waals surface area (Å²) >= 11 is 5.88. The van der Waals surface area contributed by atoms with Crippen molar-refractivity contribution in [2.24, 2.45) is 0 Å². The first-order valence-electron chi connectivity index (χ1n) is 5.16. The molecule has 0 aromatic carbocycles. The second-order valence-electron chi connectivity index (χ2n) is 3.97. The topological polar surface area (TPSA) is 127 Å². The van der Waals surface area contributed by atoms with E-state index in [1.54, 1.807) is 0 Å². The third-order valence-corrected chi connectivity index (χ3v) is 4.48. The smallest absolute Gasteiger partial charge is 0.264 e. The third-order valence-electron chi connectivity index (χ3n) is 2.01. The molecule has 0 aliphatic rings. The van der Waals surface area contributed by atoms with Crippen LogP contribution < -0.4 is 0 Å². The summed E-state index contributed by atoms with van der Waals surface area (Å²) in [6.45, 7) is 0. The molecule has 0 aromatic rings. The molecule has 0 heterocycles. The van der Waals surface area contributed by atoms with Crippen molar-refractivity contribution in [3.63, 3.8) is 0 Å². The maximum absolute atomic E-state index is 11.0. The lowest BCUT2D eigenvalue weighted by Gasteiger charge is -2.28. The van der Waals surface area contributed by atoms with Crippen molar-refractivity contribution < 1.29 is 35.4 Å². The minimum absolute atomic E-state index is 0.0911. The van der Waals surface area contributed by atoms with E-state index < -0.39 is 44.7 Å². The predicted molar refractivity (Wildman–Crippen MR) is 79.0 cm³/mol. The van der Waals surface area contributed by atoms with Crippen LogP contribution in [0, 0.1) is 0 Å².